The fourth-order valence-corrected chi connectivity index (χ4v) is 2.37. The molecule has 5 heteroatoms. The number of methoxy groups -OCH3 is 4. The van der Waals surface area contributed by atoms with E-state index in [0.29, 0.717) is 11.5 Å². The van der Waals surface area contributed by atoms with Crippen molar-refractivity contribution in [2.24, 2.45) is 0 Å². The molecule has 1 unspecified atom stereocenters. The van der Waals surface area contributed by atoms with E-state index in [0.717, 1.165) is 37.3 Å². The van der Waals surface area contributed by atoms with Gasteiger partial charge in [-0.05, 0) is 25.5 Å². The van der Waals surface area contributed by atoms with Gasteiger partial charge in [-0.2, -0.15) is 0 Å². The van der Waals surface area contributed by atoms with E-state index in [9.17, 15) is 0 Å². The maximum atomic E-state index is 5.51. The van der Waals surface area contributed by atoms with Crippen LogP contribution in [-0.2, 0) is 4.74 Å². The van der Waals surface area contributed by atoms with Gasteiger partial charge in [0.15, 0.2) is 11.5 Å². The zero-order chi connectivity index (χ0) is 15.7. The van der Waals surface area contributed by atoms with E-state index in [4.69, 9.17) is 18.9 Å². The molecule has 1 aromatic rings. The predicted molar refractivity (Wildman–Crippen MR) is 83.6 cm³/mol. The Hall–Kier alpha value is -1.46. The molecule has 0 bridgehead atoms. The summed E-state index contributed by atoms with van der Waals surface area (Å²) >= 11 is 0. The zero-order valence-corrected chi connectivity index (χ0v) is 13.7. The number of hydrogen-bond acceptors (Lipinski definition) is 5. The van der Waals surface area contributed by atoms with Crippen LogP contribution in [0.25, 0.3) is 0 Å². The Morgan fingerprint density at radius 2 is 1.57 bits per heavy atom. The Labute approximate surface area is 127 Å². The highest BCUT2D eigenvalue weighted by atomic mass is 16.5. The lowest BCUT2D eigenvalue weighted by atomic mass is 10.00. The van der Waals surface area contributed by atoms with E-state index in [2.05, 4.69) is 12.2 Å². The van der Waals surface area contributed by atoms with Crippen molar-refractivity contribution in [1.82, 2.24) is 5.32 Å². The highest BCUT2D eigenvalue weighted by molar-refractivity contribution is 5.51. The van der Waals surface area contributed by atoms with E-state index in [1.54, 1.807) is 28.4 Å². The first kappa shape index (κ1) is 17.6. The van der Waals surface area contributed by atoms with Crippen LogP contribution in [0.1, 0.15) is 31.4 Å². The van der Waals surface area contributed by atoms with Gasteiger partial charge in [0, 0.05) is 31.4 Å². The van der Waals surface area contributed by atoms with Crippen LogP contribution in [0, 0.1) is 0 Å². The summed E-state index contributed by atoms with van der Waals surface area (Å²) in [5.74, 6) is 2.18. The topological polar surface area (TPSA) is 49.0 Å². The third-order valence-electron chi connectivity index (χ3n) is 3.40. The average Bonchev–Trinajstić information content (AvgIpc) is 2.52. The van der Waals surface area contributed by atoms with E-state index >= 15 is 0 Å². The van der Waals surface area contributed by atoms with Gasteiger partial charge in [0.25, 0.3) is 0 Å². The Morgan fingerprint density at radius 1 is 0.952 bits per heavy atom. The summed E-state index contributed by atoms with van der Waals surface area (Å²) in [7, 11) is 6.65. The van der Waals surface area contributed by atoms with Crippen molar-refractivity contribution < 1.29 is 18.9 Å². The van der Waals surface area contributed by atoms with Gasteiger partial charge in [-0.15, -0.1) is 0 Å². The largest absolute Gasteiger partial charge is 0.496 e. The van der Waals surface area contributed by atoms with Crippen molar-refractivity contribution in [3.05, 3.63) is 17.7 Å². The molecule has 21 heavy (non-hydrogen) atoms. The Kier molecular flexibility index (Phi) is 7.93. The van der Waals surface area contributed by atoms with E-state index in [1.807, 2.05) is 12.1 Å². The van der Waals surface area contributed by atoms with Gasteiger partial charge in [0.2, 0.25) is 0 Å². The third kappa shape index (κ3) is 4.79. The van der Waals surface area contributed by atoms with Crippen LogP contribution < -0.4 is 19.5 Å². The van der Waals surface area contributed by atoms with Crippen molar-refractivity contribution in [3.8, 4) is 17.2 Å². The van der Waals surface area contributed by atoms with Crippen LogP contribution in [0.15, 0.2) is 12.1 Å². The van der Waals surface area contributed by atoms with Crippen molar-refractivity contribution in [2.75, 3.05) is 41.6 Å². The van der Waals surface area contributed by atoms with Gasteiger partial charge in [-0.25, -0.2) is 0 Å². The maximum Gasteiger partial charge on any atom is 0.164 e. The zero-order valence-electron chi connectivity index (χ0n) is 13.7. The third-order valence-corrected chi connectivity index (χ3v) is 3.40. The van der Waals surface area contributed by atoms with Crippen molar-refractivity contribution in [2.45, 2.75) is 25.8 Å². The number of nitrogens with one attached hydrogen (secondary N) is 1. The molecular formula is C16H27NO4. The van der Waals surface area contributed by atoms with Gasteiger partial charge in [0.05, 0.1) is 21.3 Å². The Bertz CT molecular complexity index is 423. The molecule has 120 valence electrons. The van der Waals surface area contributed by atoms with Crippen LogP contribution in [0.4, 0.5) is 0 Å². The van der Waals surface area contributed by atoms with Gasteiger partial charge >= 0.3 is 0 Å². The molecule has 0 aliphatic rings. The lowest BCUT2D eigenvalue weighted by Crippen LogP contribution is -2.22. The molecule has 0 saturated carbocycles. The van der Waals surface area contributed by atoms with Crippen LogP contribution >= 0.6 is 0 Å². The molecule has 0 saturated heterocycles. The number of hydrogen-bond donors (Lipinski definition) is 1. The molecule has 1 N–H and O–H groups in total. The monoisotopic (exact) mass is 297 g/mol. The summed E-state index contributed by atoms with van der Waals surface area (Å²) in [6.07, 6.45) is 1.94. The molecule has 0 amide bonds. The van der Waals surface area contributed by atoms with Crippen molar-refractivity contribution >= 4 is 0 Å². The molecule has 5 nitrogen and oxygen atoms in total. The summed E-state index contributed by atoms with van der Waals surface area (Å²) < 4.78 is 21.4. The summed E-state index contributed by atoms with van der Waals surface area (Å²) in [6, 6.07) is 4.05. The van der Waals surface area contributed by atoms with Gasteiger partial charge in [-0.3, -0.25) is 0 Å². The molecule has 0 heterocycles. The number of ether oxygens (including phenoxy) is 4. The van der Waals surface area contributed by atoms with E-state index in [1.165, 1.54) is 0 Å². The second-order valence-corrected chi connectivity index (χ2v) is 4.69. The number of benzene rings is 1. The average molecular weight is 297 g/mol. The Balaban J connectivity index is 3.09. The minimum absolute atomic E-state index is 0.194. The van der Waals surface area contributed by atoms with Crippen molar-refractivity contribution in [1.29, 1.82) is 0 Å². The molecule has 0 aliphatic heterocycles. The molecule has 0 spiro atoms. The quantitative estimate of drug-likeness (QED) is 0.673. The molecule has 1 aromatic carbocycles. The second kappa shape index (κ2) is 9.47. The maximum absolute atomic E-state index is 5.51. The van der Waals surface area contributed by atoms with E-state index in [-0.39, 0.29) is 6.04 Å². The lowest BCUT2D eigenvalue weighted by molar-refractivity contribution is 0.188. The summed E-state index contributed by atoms with van der Waals surface area (Å²) in [5.41, 5.74) is 1.08. The summed E-state index contributed by atoms with van der Waals surface area (Å²) in [4.78, 5) is 0. The first-order valence-electron chi connectivity index (χ1n) is 7.24. The fraction of sp³-hybridized carbons (Fsp3) is 0.625. The molecule has 1 atom stereocenters. The Morgan fingerprint density at radius 3 is 2.10 bits per heavy atom. The van der Waals surface area contributed by atoms with E-state index < -0.39 is 0 Å². The van der Waals surface area contributed by atoms with Crippen LogP contribution in [-0.4, -0.2) is 41.6 Å². The van der Waals surface area contributed by atoms with Gasteiger partial charge in [-0.1, -0.05) is 6.92 Å². The highest BCUT2D eigenvalue weighted by Gasteiger charge is 2.19. The molecule has 0 fully saturated rings. The lowest BCUT2D eigenvalue weighted by Gasteiger charge is -2.22. The van der Waals surface area contributed by atoms with Gasteiger partial charge < -0.3 is 24.3 Å². The van der Waals surface area contributed by atoms with Crippen molar-refractivity contribution in [3.63, 3.8) is 0 Å². The molecule has 0 aromatic heterocycles. The minimum atomic E-state index is 0.194. The first-order chi connectivity index (χ1) is 10.2. The molecule has 0 radical (unpaired) electrons. The van der Waals surface area contributed by atoms with Crippen LogP contribution in [0.2, 0.25) is 0 Å². The predicted octanol–water partition coefficient (Wildman–Crippen LogP) is 2.79. The highest BCUT2D eigenvalue weighted by Crippen LogP contribution is 2.38. The standard InChI is InChI=1S/C16H27NO4/c1-6-17-13(8-7-9-18-2)12-10-15(20-4)16(21-5)11-14(12)19-3/h10-11,13,17H,6-9H2,1-5H3. The summed E-state index contributed by atoms with van der Waals surface area (Å²) in [5, 5.41) is 3.49. The minimum Gasteiger partial charge on any atom is -0.496 e. The van der Waals surface area contributed by atoms with Crippen LogP contribution in [0.3, 0.4) is 0 Å². The first-order valence-corrected chi connectivity index (χ1v) is 7.24. The van der Waals surface area contributed by atoms with Gasteiger partial charge in [0.1, 0.15) is 5.75 Å². The smallest absolute Gasteiger partial charge is 0.164 e. The number of rotatable bonds is 10. The summed E-state index contributed by atoms with van der Waals surface area (Å²) in [6.45, 7) is 3.73. The SMILES string of the molecule is CCNC(CCCOC)c1cc(OC)c(OC)cc1OC. The second-order valence-electron chi connectivity index (χ2n) is 4.69. The molecular weight excluding hydrogens is 270 g/mol. The van der Waals surface area contributed by atoms with Crippen LogP contribution in [0.5, 0.6) is 17.2 Å². The normalized spacial score (nSPS) is 12.0. The molecule has 1 rings (SSSR count). The fourth-order valence-electron chi connectivity index (χ4n) is 2.37. The molecule has 0 aliphatic carbocycles.